The van der Waals surface area contributed by atoms with Gasteiger partial charge in [0.15, 0.2) is 0 Å². The first-order chi connectivity index (χ1) is 12.5. The van der Waals surface area contributed by atoms with Crippen molar-refractivity contribution in [3.8, 4) is 5.75 Å². The maximum absolute atomic E-state index is 12.5. The van der Waals surface area contributed by atoms with Gasteiger partial charge in [-0.3, -0.25) is 9.59 Å². The van der Waals surface area contributed by atoms with Gasteiger partial charge in [0, 0.05) is 37.0 Å². The van der Waals surface area contributed by atoms with E-state index in [4.69, 9.17) is 4.74 Å². The minimum absolute atomic E-state index is 0.0925. The van der Waals surface area contributed by atoms with Gasteiger partial charge in [-0.1, -0.05) is 6.07 Å². The van der Waals surface area contributed by atoms with Crippen molar-refractivity contribution in [2.75, 3.05) is 13.1 Å². The van der Waals surface area contributed by atoms with E-state index >= 15 is 0 Å². The Kier molecular flexibility index (Phi) is 5.88. The van der Waals surface area contributed by atoms with Crippen molar-refractivity contribution in [3.63, 3.8) is 0 Å². The number of rotatable bonds is 5. The van der Waals surface area contributed by atoms with Crippen molar-refractivity contribution in [1.82, 2.24) is 15.2 Å². The Labute approximate surface area is 157 Å². The van der Waals surface area contributed by atoms with Gasteiger partial charge >= 0.3 is 0 Å². The number of piperidine rings is 1. The van der Waals surface area contributed by atoms with Gasteiger partial charge in [-0.15, -0.1) is 11.3 Å². The monoisotopic (exact) mass is 373 g/mol. The minimum Gasteiger partial charge on any atom is -0.487 e. The van der Waals surface area contributed by atoms with Crippen LogP contribution in [0.25, 0.3) is 0 Å². The number of nitrogens with zero attached hydrogens (tertiary/aromatic N) is 2. The number of amides is 2. The number of benzene rings is 1. The fourth-order valence-electron chi connectivity index (χ4n) is 2.97. The van der Waals surface area contributed by atoms with Gasteiger partial charge in [-0.2, -0.15) is 0 Å². The lowest BCUT2D eigenvalue weighted by molar-refractivity contribution is -0.129. The van der Waals surface area contributed by atoms with Crippen LogP contribution in [0.4, 0.5) is 0 Å². The molecule has 2 heterocycles. The Morgan fingerprint density at radius 2 is 2.12 bits per heavy atom. The number of aromatic nitrogens is 1. The summed E-state index contributed by atoms with van der Waals surface area (Å²) in [6.45, 7) is 5.31. The fraction of sp³-hybridized carbons (Fsp3) is 0.421. The highest BCUT2D eigenvalue weighted by atomic mass is 32.1. The van der Waals surface area contributed by atoms with E-state index in [1.165, 1.54) is 0 Å². The van der Waals surface area contributed by atoms with E-state index in [-0.39, 0.29) is 17.9 Å². The maximum atomic E-state index is 12.5. The molecule has 0 unspecified atom stereocenters. The largest absolute Gasteiger partial charge is 0.487 e. The van der Waals surface area contributed by atoms with Crippen LogP contribution in [0, 0.1) is 6.92 Å². The van der Waals surface area contributed by atoms with Crippen LogP contribution in [0.15, 0.2) is 29.6 Å². The third kappa shape index (κ3) is 4.82. The van der Waals surface area contributed by atoms with E-state index in [9.17, 15) is 9.59 Å². The molecular weight excluding hydrogens is 350 g/mol. The van der Waals surface area contributed by atoms with E-state index in [0.29, 0.717) is 31.0 Å². The highest BCUT2D eigenvalue weighted by Gasteiger charge is 2.22. The first-order valence-corrected chi connectivity index (χ1v) is 9.59. The number of ether oxygens (including phenoxy) is 1. The van der Waals surface area contributed by atoms with E-state index in [1.54, 1.807) is 30.4 Å². The first kappa shape index (κ1) is 18.4. The molecule has 1 aromatic carbocycles. The molecule has 0 spiro atoms. The highest BCUT2D eigenvalue weighted by molar-refractivity contribution is 7.09. The zero-order valence-corrected chi connectivity index (χ0v) is 15.8. The summed E-state index contributed by atoms with van der Waals surface area (Å²) in [7, 11) is 0. The fourth-order valence-corrected chi connectivity index (χ4v) is 3.56. The summed E-state index contributed by atoms with van der Waals surface area (Å²) < 4.78 is 5.75. The van der Waals surface area contributed by atoms with Gasteiger partial charge in [-0.05, 0) is 38.0 Å². The second-order valence-electron chi connectivity index (χ2n) is 6.43. The molecule has 26 heavy (non-hydrogen) atoms. The Morgan fingerprint density at radius 1 is 1.35 bits per heavy atom. The number of thiazole rings is 1. The highest BCUT2D eigenvalue weighted by Crippen LogP contribution is 2.17. The molecule has 0 atom stereocenters. The lowest BCUT2D eigenvalue weighted by Gasteiger charge is -2.31. The predicted molar refractivity (Wildman–Crippen MR) is 100 cm³/mol. The average molecular weight is 373 g/mol. The number of hydrogen-bond acceptors (Lipinski definition) is 5. The van der Waals surface area contributed by atoms with Gasteiger partial charge in [0.2, 0.25) is 5.91 Å². The average Bonchev–Trinajstić information content (AvgIpc) is 3.06. The van der Waals surface area contributed by atoms with Crippen LogP contribution in [-0.2, 0) is 11.4 Å². The molecule has 1 N–H and O–H groups in total. The molecule has 1 fully saturated rings. The number of hydrogen-bond donors (Lipinski definition) is 1. The van der Waals surface area contributed by atoms with Crippen molar-refractivity contribution in [2.24, 2.45) is 0 Å². The van der Waals surface area contributed by atoms with Crippen molar-refractivity contribution >= 4 is 23.2 Å². The third-order valence-corrected chi connectivity index (χ3v) is 5.25. The summed E-state index contributed by atoms with van der Waals surface area (Å²) in [5.41, 5.74) is 1.46. The molecule has 1 saturated heterocycles. The molecule has 0 radical (unpaired) electrons. The molecule has 6 nitrogen and oxygen atoms in total. The van der Waals surface area contributed by atoms with Gasteiger partial charge in [0.05, 0.1) is 10.7 Å². The summed E-state index contributed by atoms with van der Waals surface area (Å²) in [5.74, 6) is 0.630. The van der Waals surface area contributed by atoms with Gasteiger partial charge in [0.1, 0.15) is 12.4 Å². The van der Waals surface area contributed by atoms with Crippen molar-refractivity contribution in [1.29, 1.82) is 0 Å². The Hall–Kier alpha value is -2.41. The Morgan fingerprint density at radius 3 is 2.77 bits per heavy atom. The zero-order chi connectivity index (χ0) is 18.5. The summed E-state index contributed by atoms with van der Waals surface area (Å²) in [6.07, 6.45) is 1.56. The molecule has 0 aliphatic carbocycles. The summed E-state index contributed by atoms with van der Waals surface area (Å²) in [4.78, 5) is 30.1. The van der Waals surface area contributed by atoms with Gasteiger partial charge < -0.3 is 15.0 Å². The topological polar surface area (TPSA) is 71.5 Å². The first-order valence-electron chi connectivity index (χ1n) is 8.71. The molecule has 2 amide bonds. The molecule has 138 valence electrons. The third-order valence-electron chi connectivity index (χ3n) is 4.43. The summed E-state index contributed by atoms with van der Waals surface area (Å²) >= 11 is 1.59. The van der Waals surface area contributed by atoms with Gasteiger partial charge in [-0.25, -0.2) is 4.98 Å². The van der Waals surface area contributed by atoms with Gasteiger partial charge in [0.25, 0.3) is 5.91 Å². The second kappa shape index (κ2) is 8.31. The molecule has 0 bridgehead atoms. The van der Waals surface area contributed by atoms with E-state index in [0.717, 1.165) is 23.5 Å². The van der Waals surface area contributed by atoms with Crippen LogP contribution in [0.2, 0.25) is 0 Å². The molecular formula is C19H23N3O3S. The molecule has 1 aliphatic heterocycles. The minimum atomic E-state index is -0.110. The normalized spacial score (nSPS) is 14.9. The molecule has 1 aliphatic rings. The quantitative estimate of drug-likeness (QED) is 0.875. The predicted octanol–water partition coefficient (Wildman–Crippen LogP) is 2.77. The van der Waals surface area contributed by atoms with Crippen LogP contribution in [0.1, 0.15) is 40.8 Å². The summed E-state index contributed by atoms with van der Waals surface area (Å²) in [6, 6.07) is 7.27. The van der Waals surface area contributed by atoms with Crippen molar-refractivity contribution in [2.45, 2.75) is 39.3 Å². The number of carbonyl (C=O) groups excluding carboxylic acids is 2. The van der Waals surface area contributed by atoms with Crippen LogP contribution in [0.3, 0.4) is 0 Å². The smallest absolute Gasteiger partial charge is 0.251 e. The summed E-state index contributed by atoms with van der Waals surface area (Å²) in [5, 5.41) is 6.03. The molecule has 0 saturated carbocycles. The van der Waals surface area contributed by atoms with Crippen LogP contribution in [-0.4, -0.2) is 40.8 Å². The van der Waals surface area contributed by atoms with Crippen LogP contribution in [0.5, 0.6) is 5.75 Å². The van der Waals surface area contributed by atoms with E-state index < -0.39 is 0 Å². The molecule has 2 aromatic rings. The molecule has 3 rings (SSSR count). The number of nitrogens with one attached hydrogen (secondary N) is 1. The lowest BCUT2D eigenvalue weighted by Crippen LogP contribution is -2.45. The zero-order valence-electron chi connectivity index (χ0n) is 15.0. The lowest BCUT2D eigenvalue weighted by atomic mass is 10.0. The van der Waals surface area contributed by atoms with Crippen LogP contribution < -0.4 is 10.1 Å². The molecule has 1 aromatic heterocycles. The van der Waals surface area contributed by atoms with Crippen molar-refractivity contribution < 1.29 is 14.3 Å². The van der Waals surface area contributed by atoms with Crippen LogP contribution >= 0.6 is 11.3 Å². The maximum Gasteiger partial charge on any atom is 0.251 e. The molecule has 7 heteroatoms. The number of carbonyl (C=O) groups is 2. The standard InChI is InChI=1S/C19H23N3O3S/c1-13-20-17(12-26-13)11-25-18-5-3-4-15(10-18)19(24)21-16-6-8-22(9-7-16)14(2)23/h3-5,10,12,16H,6-9,11H2,1-2H3,(H,21,24). The van der Waals surface area contributed by atoms with Crippen molar-refractivity contribution in [3.05, 3.63) is 45.9 Å². The SMILES string of the molecule is CC(=O)N1CCC(NC(=O)c2cccc(OCc3csc(C)n3)c2)CC1. The second-order valence-corrected chi connectivity index (χ2v) is 7.49. The Bertz CT molecular complexity index is 782. The number of aryl methyl sites for hydroxylation is 1. The number of likely N-dealkylation sites (tertiary alicyclic amines) is 1. The van der Waals surface area contributed by atoms with E-state index in [1.807, 2.05) is 29.3 Å². The Balaban J connectivity index is 1.54. The van der Waals surface area contributed by atoms with E-state index in [2.05, 4.69) is 10.3 Å².